The summed E-state index contributed by atoms with van der Waals surface area (Å²) in [6.07, 6.45) is 10.2. The molecule has 2 aliphatic carbocycles. The SMILES string of the molecule is C#C.C=C.CCC.CCC.O=C(NCc1nc2ccc(C#Cc3ccc4nc(CNC(=O)C5CCC(F)(F)CC5)[nH]c4c3)cc2[nH]1)C1CCC(F)(F)CC1. The van der Waals surface area contributed by atoms with Crippen LogP contribution in [0.4, 0.5) is 17.6 Å². The number of alkyl halides is 4. The molecular formula is C42H54F4N6O2. The molecule has 2 aromatic heterocycles. The summed E-state index contributed by atoms with van der Waals surface area (Å²) in [6.45, 7) is 14.9. The van der Waals surface area contributed by atoms with Gasteiger partial charge in [0.05, 0.1) is 35.2 Å². The molecule has 0 unspecified atom stereocenters. The maximum atomic E-state index is 13.4. The summed E-state index contributed by atoms with van der Waals surface area (Å²) in [4.78, 5) is 40.2. The second-order valence-corrected chi connectivity index (χ2v) is 13.2. The molecule has 2 aliphatic rings. The molecule has 6 rings (SSSR count). The maximum absolute atomic E-state index is 13.4. The van der Waals surface area contributed by atoms with Gasteiger partial charge in [-0.2, -0.15) is 0 Å². The third kappa shape index (κ3) is 14.0. The van der Waals surface area contributed by atoms with E-state index in [0.29, 0.717) is 11.6 Å². The summed E-state index contributed by atoms with van der Waals surface area (Å²) in [5.74, 6) is 0.813. The summed E-state index contributed by atoms with van der Waals surface area (Å²) in [5, 5.41) is 5.61. The minimum Gasteiger partial charge on any atom is -0.349 e. The second kappa shape index (κ2) is 22.2. The van der Waals surface area contributed by atoms with E-state index < -0.39 is 23.7 Å². The van der Waals surface area contributed by atoms with Crippen LogP contribution in [-0.2, 0) is 22.7 Å². The minimum absolute atomic E-state index is 0.177. The minimum atomic E-state index is -2.67. The number of terminal acetylenes is 1. The first-order chi connectivity index (χ1) is 25.8. The van der Waals surface area contributed by atoms with Crippen LogP contribution in [0.25, 0.3) is 22.1 Å². The van der Waals surface area contributed by atoms with Gasteiger partial charge in [-0.3, -0.25) is 9.59 Å². The van der Waals surface area contributed by atoms with Gasteiger partial charge >= 0.3 is 0 Å². The summed E-state index contributed by atoms with van der Waals surface area (Å²) in [7, 11) is 0. The second-order valence-electron chi connectivity index (χ2n) is 13.2. The molecule has 0 atom stereocenters. The highest BCUT2D eigenvalue weighted by molar-refractivity contribution is 5.81. The highest BCUT2D eigenvalue weighted by Crippen LogP contribution is 2.37. The van der Waals surface area contributed by atoms with Gasteiger partial charge in [-0.1, -0.05) is 52.4 Å². The Balaban J connectivity index is 0.000000920. The predicted molar refractivity (Wildman–Crippen MR) is 209 cm³/mol. The van der Waals surface area contributed by atoms with E-state index in [-0.39, 0.29) is 76.3 Å². The Morgan fingerprint density at radius 2 is 1.02 bits per heavy atom. The third-order valence-corrected chi connectivity index (χ3v) is 8.45. The monoisotopic (exact) mass is 750 g/mol. The Hall–Kier alpha value is -5.10. The van der Waals surface area contributed by atoms with Gasteiger partial charge in [0.25, 0.3) is 0 Å². The van der Waals surface area contributed by atoms with E-state index in [1.54, 1.807) is 0 Å². The van der Waals surface area contributed by atoms with Crippen molar-refractivity contribution >= 4 is 33.9 Å². The number of halogens is 4. The van der Waals surface area contributed by atoms with Crippen LogP contribution in [-0.4, -0.2) is 43.6 Å². The molecule has 0 radical (unpaired) electrons. The number of hydrogen-bond acceptors (Lipinski definition) is 4. The van der Waals surface area contributed by atoms with Crippen LogP contribution in [0.3, 0.4) is 0 Å². The van der Waals surface area contributed by atoms with E-state index in [4.69, 9.17) is 0 Å². The maximum Gasteiger partial charge on any atom is 0.248 e. The van der Waals surface area contributed by atoms with Crippen LogP contribution in [0.5, 0.6) is 0 Å². The van der Waals surface area contributed by atoms with Gasteiger partial charge in [-0.05, 0) is 62.1 Å². The van der Waals surface area contributed by atoms with Crippen LogP contribution < -0.4 is 10.6 Å². The van der Waals surface area contributed by atoms with E-state index >= 15 is 0 Å². The van der Waals surface area contributed by atoms with E-state index in [1.807, 2.05) is 36.4 Å². The third-order valence-electron chi connectivity index (χ3n) is 8.45. The molecule has 2 heterocycles. The summed E-state index contributed by atoms with van der Waals surface area (Å²) in [6, 6.07) is 11.1. The topological polar surface area (TPSA) is 116 Å². The van der Waals surface area contributed by atoms with E-state index in [2.05, 4.69) is 96.1 Å². The van der Waals surface area contributed by atoms with Crippen molar-refractivity contribution in [2.24, 2.45) is 11.8 Å². The molecule has 12 heteroatoms. The molecule has 0 bridgehead atoms. The van der Waals surface area contributed by atoms with Crippen molar-refractivity contribution in [3.63, 3.8) is 0 Å². The van der Waals surface area contributed by atoms with Crippen LogP contribution in [0, 0.1) is 36.5 Å². The number of nitrogens with one attached hydrogen (secondary N) is 4. The zero-order valence-corrected chi connectivity index (χ0v) is 31.9. The number of amides is 2. The largest absolute Gasteiger partial charge is 0.349 e. The van der Waals surface area contributed by atoms with Crippen molar-refractivity contribution in [2.75, 3.05) is 0 Å². The average Bonchev–Trinajstić information content (AvgIpc) is 3.77. The molecule has 292 valence electrons. The number of benzene rings is 2. The fourth-order valence-electron chi connectivity index (χ4n) is 5.83. The van der Waals surface area contributed by atoms with Crippen molar-refractivity contribution in [2.45, 2.75) is 117 Å². The highest BCUT2D eigenvalue weighted by atomic mass is 19.3. The van der Waals surface area contributed by atoms with Gasteiger partial charge in [0.15, 0.2) is 0 Å². The normalized spacial score (nSPS) is 15.9. The zero-order valence-electron chi connectivity index (χ0n) is 31.9. The Morgan fingerprint density at radius 1 is 0.704 bits per heavy atom. The zero-order chi connectivity index (χ0) is 40.3. The molecule has 2 saturated carbocycles. The molecule has 54 heavy (non-hydrogen) atoms. The lowest BCUT2D eigenvalue weighted by Gasteiger charge is -2.27. The van der Waals surface area contributed by atoms with Gasteiger partial charge in [0.1, 0.15) is 11.6 Å². The Bertz CT molecular complexity index is 1720. The molecule has 2 fully saturated rings. The molecule has 4 N–H and O–H groups in total. The smallest absolute Gasteiger partial charge is 0.248 e. The lowest BCUT2D eigenvalue weighted by atomic mass is 9.86. The van der Waals surface area contributed by atoms with Crippen LogP contribution >= 0.6 is 0 Å². The molecule has 0 spiro atoms. The van der Waals surface area contributed by atoms with E-state index in [9.17, 15) is 27.2 Å². The molecule has 0 aliphatic heterocycles. The first-order valence-electron chi connectivity index (χ1n) is 18.5. The van der Waals surface area contributed by atoms with Gasteiger partial charge in [0, 0.05) is 48.6 Å². The molecule has 2 aromatic carbocycles. The number of hydrogen-bond donors (Lipinski definition) is 4. The average molecular weight is 751 g/mol. The summed E-state index contributed by atoms with van der Waals surface area (Å²) >= 11 is 0. The number of aromatic amines is 2. The van der Waals surface area contributed by atoms with Crippen molar-refractivity contribution in [3.05, 3.63) is 72.3 Å². The fourth-order valence-corrected chi connectivity index (χ4v) is 5.83. The fraction of sp³-hybridized carbons (Fsp3) is 0.476. The Kier molecular flexibility index (Phi) is 18.5. The first-order valence-corrected chi connectivity index (χ1v) is 18.5. The molecular weight excluding hydrogens is 696 g/mol. The quantitative estimate of drug-likeness (QED) is 0.0893. The number of carbonyl (C=O) groups is 2. The number of fused-ring (bicyclic) bond motifs is 2. The van der Waals surface area contributed by atoms with E-state index in [0.717, 1.165) is 33.2 Å². The predicted octanol–water partition coefficient (Wildman–Crippen LogP) is 9.61. The van der Waals surface area contributed by atoms with Crippen molar-refractivity contribution in [3.8, 4) is 24.7 Å². The number of rotatable bonds is 6. The van der Waals surface area contributed by atoms with Gasteiger partial charge in [-0.25, -0.2) is 27.5 Å². The van der Waals surface area contributed by atoms with Crippen molar-refractivity contribution < 1.29 is 27.2 Å². The number of imidazole rings is 2. The van der Waals surface area contributed by atoms with Crippen LogP contribution in [0.1, 0.15) is 115 Å². The van der Waals surface area contributed by atoms with E-state index in [1.165, 1.54) is 12.8 Å². The molecule has 4 aromatic rings. The lowest BCUT2D eigenvalue weighted by molar-refractivity contribution is -0.130. The highest BCUT2D eigenvalue weighted by Gasteiger charge is 2.38. The summed E-state index contributed by atoms with van der Waals surface area (Å²) in [5.41, 5.74) is 4.47. The van der Waals surface area contributed by atoms with Crippen molar-refractivity contribution in [1.82, 2.24) is 30.6 Å². The standard InChI is InChI=1S/C32H32F4N6O2.2C3H8.C2H4.C2H2/c33-31(34)11-7-21(8-12-31)29(43)37-17-27-39-23-5-3-19(15-25(23)41-27)1-2-20-4-6-24-26(16-20)42-28(40-24)18-38-30(44)22-9-13-32(35,36)14-10-22;2*1-3-2;2*1-2/h3-6,15-16,21-22H,7-14,17-18H2,(H,37,43)(H,38,44)(H,39,41)(H,40,42);2*3H2,1-2H3;1-2H2;1-2H. The Morgan fingerprint density at radius 3 is 1.33 bits per heavy atom. The summed E-state index contributed by atoms with van der Waals surface area (Å²) < 4.78 is 53.5. The van der Waals surface area contributed by atoms with Crippen LogP contribution in [0.15, 0.2) is 49.6 Å². The molecule has 2 amide bonds. The van der Waals surface area contributed by atoms with Crippen molar-refractivity contribution in [1.29, 1.82) is 0 Å². The lowest BCUT2D eigenvalue weighted by Crippen LogP contribution is -2.35. The van der Waals surface area contributed by atoms with Gasteiger partial charge in [0.2, 0.25) is 23.7 Å². The Labute approximate surface area is 316 Å². The first kappa shape index (κ1) is 45.1. The number of carbonyl (C=O) groups excluding carboxylic acids is 2. The number of aromatic nitrogens is 4. The van der Waals surface area contributed by atoms with Gasteiger partial charge < -0.3 is 20.6 Å². The van der Waals surface area contributed by atoms with Crippen LogP contribution in [0.2, 0.25) is 0 Å². The number of H-pyrrole nitrogens is 2. The number of nitrogens with zero attached hydrogens (tertiary/aromatic N) is 2. The molecule has 0 saturated heterocycles. The molecule has 8 nitrogen and oxygen atoms in total. The van der Waals surface area contributed by atoms with Gasteiger partial charge in [-0.15, -0.1) is 26.0 Å².